The number of carbonyl (C=O) groups is 1. The largest absolute Gasteiger partial charge is 0.480 e. The van der Waals surface area contributed by atoms with E-state index in [1.165, 1.54) is 0 Å². The molecule has 0 aromatic heterocycles. The van der Waals surface area contributed by atoms with Crippen molar-refractivity contribution in [3.05, 3.63) is 29.3 Å². The van der Waals surface area contributed by atoms with Crippen LogP contribution in [0.4, 0.5) is 8.78 Å². The Hall–Kier alpha value is -1.54. The van der Waals surface area contributed by atoms with Gasteiger partial charge in [0.2, 0.25) is 0 Å². The molecule has 1 unspecified atom stereocenters. The molecule has 1 rings (SSSR count). The fraction of sp³-hybridized carbons (Fsp3) is 0.222. The van der Waals surface area contributed by atoms with E-state index >= 15 is 0 Å². The van der Waals surface area contributed by atoms with Crippen LogP contribution in [0.5, 0.6) is 0 Å². The summed E-state index contributed by atoms with van der Waals surface area (Å²) < 4.78 is 48.9. The summed E-state index contributed by atoms with van der Waals surface area (Å²) >= 11 is 0. The number of halogens is 2. The number of hydrogen-bond acceptors (Lipinski definition) is 4. The smallest absolute Gasteiger partial charge is 0.325 e. The van der Waals surface area contributed by atoms with Gasteiger partial charge in [-0.3, -0.25) is 4.79 Å². The lowest BCUT2D eigenvalue weighted by Gasteiger charge is -2.10. The van der Waals surface area contributed by atoms with Crippen LogP contribution in [0.1, 0.15) is 11.6 Å². The first kappa shape index (κ1) is 13.5. The summed E-state index contributed by atoms with van der Waals surface area (Å²) in [5, 5.41) is 8.55. The third kappa shape index (κ3) is 2.59. The minimum absolute atomic E-state index is 0.609. The van der Waals surface area contributed by atoms with Gasteiger partial charge in [-0.05, 0) is 6.07 Å². The van der Waals surface area contributed by atoms with Gasteiger partial charge in [-0.1, -0.05) is 6.07 Å². The first-order valence-electron chi connectivity index (χ1n) is 4.32. The molecule has 0 radical (unpaired) electrons. The molecule has 0 aliphatic heterocycles. The van der Waals surface area contributed by atoms with Gasteiger partial charge < -0.3 is 10.8 Å². The van der Waals surface area contributed by atoms with Crippen LogP contribution in [0.2, 0.25) is 0 Å². The molecule has 0 heterocycles. The minimum Gasteiger partial charge on any atom is -0.480 e. The lowest BCUT2D eigenvalue weighted by molar-refractivity contribution is -0.138. The monoisotopic (exact) mass is 265 g/mol. The van der Waals surface area contributed by atoms with Crippen molar-refractivity contribution in [3.8, 4) is 0 Å². The van der Waals surface area contributed by atoms with Gasteiger partial charge in [0.25, 0.3) is 0 Å². The zero-order valence-electron chi connectivity index (χ0n) is 8.65. The molecule has 1 atom stereocenters. The van der Waals surface area contributed by atoms with Crippen LogP contribution in [-0.2, 0) is 14.6 Å². The van der Waals surface area contributed by atoms with E-state index < -0.39 is 43.9 Å². The molecule has 8 heteroatoms. The zero-order chi connectivity index (χ0) is 13.4. The lowest BCUT2D eigenvalue weighted by Crippen LogP contribution is -2.22. The third-order valence-electron chi connectivity index (χ3n) is 2.08. The second-order valence-electron chi connectivity index (χ2n) is 3.37. The first-order chi connectivity index (χ1) is 7.66. The molecule has 3 N–H and O–H groups in total. The summed E-state index contributed by atoms with van der Waals surface area (Å²) in [4.78, 5) is 9.68. The van der Waals surface area contributed by atoms with Gasteiger partial charge in [-0.25, -0.2) is 17.2 Å². The topological polar surface area (TPSA) is 97.5 Å². The standard InChI is InChI=1S/C9H9F2NO4S/c1-17(15,16)5-3-2-4(6(10)7(5)11)8(12)9(13)14/h2-3,8H,12H2,1H3,(H,13,14). The summed E-state index contributed by atoms with van der Waals surface area (Å²) in [5.74, 6) is -4.74. The summed E-state index contributed by atoms with van der Waals surface area (Å²) in [6, 6.07) is -0.127. The predicted molar refractivity (Wildman–Crippen MR) is 54.0 cm³/mol. The molecule has 0 fully saturated rings. The Balaban J connectivity index is 3.45. The van der Waals surface area contributed by atoms with Gasteiger partial charge in [-0.15, -0.1) is 0 Å². The maximum absolute atomic E-state index is 13.4. The maximum Gasteiger partial charge on any atom is 0.325 e. The van der Waals surface area contributed by atoms with Crippen molar-refractivity contribution in [2.75, 3.05) is 6.26 Å². The SMILES string of the molecule is CS(=O)(=O)c1ccc(C(N)C(=O)O)c(F)c1F. The van der Waals surface area contributed by atoms with Crippen LogP contribution < -0.4 is 5.73 Å². The second-order valence-corrected chi connectivity index (χ2v) is 5.35. The molecule has 17 heavy (non-hydrogen) atoms. The van der Waals surface area contributed by atoms with E-state index in [4.69, 9.17) is 10.8 Å². The Morgan fingerprint density at radius 2 is 1.88 bits per heavy atom. The van der Waals surface area contributed by atoms with Crippen molar-refractivity contribution in [2.45, 2.75) is 10.9 Å². The fourth-order valence-corrected chi connectivity index (χ4v) is 1.94. The van der Waals surface area contributed by atoms with Crippen molar-refractivity contribution in [1.82, 2.24) is 0 Å². The zero-order valence-corrected chi connectivity index (χ0v) is 9.46. The van der Waals surface area contributed by atoms with E-state index in [-0.39, 0.29) is 0 Å². The number of benzene rings is 1. The molecule has 0 aliphatic rings. The normalized spacial score (nSPS) is 13.4. The first-order valence-corrected chi connectivity index (χ1v) is 6.21. The quantitative estimate of drug-likeness (QED) is 0.827. The van der Waals surface area contributed by atoms with Crippen molar-refractivity contribution < 1.29 is 27.1 Å². The van der Waals surface area contributed by atoms with E-state index in [1.54, 1.807) is 0 Å². The van der Waals surface area contributed by atoms with Gasteiger partial charge >= 0.3 is 5.97 Å². The minimum atomic E-state index is -3.92. The molecule has 0 amide bonds. The van der Waals surface area contributed by atoms with Crippen LogP contribution in [0.3, 0.4) is 0 Å². The number of carboxylic acid groups (broad SMARTS) is 1. The van der Waals surface area contributed by atoms with E-state index in [9.17, 15) is 22.0 Å². The third-order valence-corrected chi connectivity index (χ3v) is 3.19. The molecule has 0 spiro atoms. The average Bonchev–Trinajstić information content (AvgIpc) is 2.19. The lowest BCUT2D eigenvalue weighted by atomic mass is 10.1. The molecule has 0 saturated carbocycles. The molecular weight excluding hydrogens is 256 g/mol. The number of hydrogen-bond donors (Lipinski definition) is 2. The molecule has 1 aromatic carbocycles. The van der Waals surface area contributed by atoms with E-state index in [2.05, 4.69) is 0 Å². The predicted octanol–water partition coefficient (Wildman–Crippen LogP) is 0.453. The second kappa shape index (κ2) is 4.38. The fourth-order valence-electron chi connectivity index (χ4n) is 1.21. The molecule has 0 aliphatic carbocycles. The van der Waals surface area contributed by atoms with Crippen LogP contribution in [0.25, 0.3) is 0 Å². The Morgan fingerprint density at radius 3 is 2.29 bits per heavy atom. The maximum atomic E-state index is 13.4. The van der Waals surface area contributed by atoms with Crippen molar-refractivity contribution in [2.24, 2.45) is 5.73 Å². The molecule has 1 aromatic rings. The van der Waals surface area contributed by atoms with Crippen LogP contribution >= 0.6 is 0 Å². The van der Waals surface area contributed by atoms with E-state index in [0.29, 0.717) is 6.26 Å². The Labute approximate surface area is 95.8 Å². The van der Waals surface area contributed by atoms with Gasteiger partial charge in [0.1, 0.15) is 10.9 Å². The number of aliphatic carboxylic acids is 1. The number of rotatable bonds is 3. The average molecular weight is 265 g/mol. The van der Waals surface area contributed by atoms with Crippen LogP contribution in [0.15, 0.2) is 17.0 Å². The van der Waals surface area contributed by atoms with Gasteiger partial charge in [-0.2, -0.15) is 0 Å². The summed E-state index contributed by atoms with van der Waals surface area (Å²) in [6.07, 6.45) is 0.710. The highest BCUT2D eigenvalue weighted by Crippen LogP contribution is 2.23. The number of nitrogens with two attached hydrogens (primary N) is 1. The summed E-state index contributed by atoms with van der Waals surface area (Å²) in [7, 11) is -3.92. The Bertz CT molecular complexity index is 571. The van der Waals surface area contributed by atoms with Crippen LogP contribution in [0, 0.1) is 11.6 Å². The van der Waals surface area contributed by atoms with Gasteiger partial charge in [0.15, 0.2) is 21.5 Å². The van der Waals surface area contributed by atoms with Gasteiger partial charge in [0.05, 0.1) is 0 Å². The molecule has 0 saturated heterocycles. The Morgan fingerprint density at radius 1 is 1.35 bits per heavy atom. The van der Waals surface area contributed by atoms with E-state index in [1.807, 2.05) is 0 Å². The number of carboxylic acids is 1. The molecule has 0 bridgehead atoms. The van der Waals surface area contributed by atoms with Crippen molar-refractivity contribution in [3.63, 3.8) is 0 Å². The highest BCUT2D eigenvalue weighted by molar-refractivity contribution is 7.90. The van der Waals surface area contributed by atoms with Gasteiger partial charge in [0, 0.05) is 11.8 Å². The van der Waals surface area contributed by atoms with Crippen LogP contribution in [-0.4, -0.2) is 25.7 Å². The molecule has 94 valence electrons. The highest BCUT2D eigenvalue weighted by atomic mass is 32.2. The highest BCUT2D eigenvalue weighted by Gasteiger charge is 2.25. The van der Waals surface area contributed by atoms with Crippen molar-refractivity contribution in [1.29, 1.82) is 0 Å². The molecule has 5 nitrogen and oxygen atoms in total. The van der Waals surface area contributed by atoms with E-state index in [0.717, 1.165) is 12.1 Å². The number of sulfone groups is 1. The Kier molecular flexibility index (Phi) is 3.48. The van der Waals surface area contributed by atoms with Crippen molar-refractivity contribution >= 4 is 15.8 Å². The summed E-state index contributed by atoms with van der Waals surface area (Å²) in [6.45, 7) is 0. The summed E-state index contributed by atoms with van der Waals surface area (Å²) in [5.41, 5.74) is 4.50. The molecular formula is C9H9F2NO4S.